The van der Waals surface area contributed by atoms with Crippen molar-refractivity contribution in [3.63, 3.8) is 0 Å². The van der Waals surface area contributed by atoms with E-state index < -0.39 is 37.6 Å². The van der Waals surface area contributed by atoms with Gasteiger partial charge in [-0.3, -0.25) is 4.57 Å². The van der Waals surface area contributed by atoms with Gasteiger partial charge in [0.2, 0.25) is 5.95 Å². The molecule has 0 radical (unpaired) electrons. The number of benzene rings is 1. The zero-order valence-corrected chi connectivity index (χ0v) is 17.4. The van der Waals surface area contributed by atoms with Crippen molar-refractivity contribution in [2.45, 2.75) is 53.3 Å². The molecule has 4 aromatic rings. The third-order valence-corrected chi connectivity index (χ3v) is 4.69. The van der Waals surface area contributed by atoms with E-state index >= 15 is 0 Å². The number of aromatic amines is 1. The molecule has 6 nitrogen and oxygen atoms in total. The van der Waals surface area contributed by atoms with Gasteiger partial charge in [0.15, 0.2) is 5.65 Å². The summed E-state index contributed by atoms with van der Waals surface area (Å²) in [7, 11) is 0. The fourth-order valence-electron chi connectivity index (χ4n) is 3.34. The zero-order valence-electron chi connectivity index (χ0n) is 26.4. The minimum atomic E-state index is -3.53. The lowest BCUT2D eigenvalue weighted by atomic mass is 9.96. The maximum Gasteiger partial charge on any atom is 0.202 e. The lowest BCUT2D eigenvalue weighted by Gasteiger charge is -2.19. The molecule has 0 aliphatic carbocycles. The van der Waals surface area contributed by atoms with Crippen LogP contribution in [0.5, 0.6) is 0 Å². The molecule has 4 rings (SSSR count). The fraction of sp³-hybridized carbons (Fsp3) is 0.375. The topological polar surface area (TPSA) is 85.4 Å². The third kappa shape index (κ3) is 4.17. The molecular weight excluding hydrogens is 391 g/mol. The number of H-pyrrole nitrogens is 1. The predicted molar refractivity (Wildman–Crippen MR) is 123 cm³/mol. The molecular formula is C24H29FN6. The molecule has 0 aliphatic rings. The van der Waals surface area contributed by atoms with Crippen molar-refractivity contribution in [2.24, 2.45) is 5.41 Å². The molecule has 162 valence electrons. The summed E-state index contributed by atoms with van der Waals surface area (Å²) < 4.78 is 88.3. The Hall–Kier alpha value is -3.22. The molecule has 3 aromatic heterocycles. The highest BCUT2D eigenvalue weighted by atomic mass is 19.1. The Balaban J connectivity index is 2.07. The first-order valence-electron chi connectivity index (χ1n) is 14.2. The monoisotopic (exact) mass is 429 g/mol. The van der Waals surface area contributed by atoms with Gasteiger partial charge < -0.3 is 10.7 Å². The Kier molecular flexibility index (Phi) is 2.92. The van der Waals surface area contributed by atoms with E-state index in [4.69, 9.17) is 18.1 Å². The van der Waals surface area contributed by atoms with E-state index in [1.807, 2.05) is 20.8 Å². The van der Waals surface area contributed by atoms with E-state index in [1.54, 1.807) is 16.7 Å². The van der Waals surface area contributed by atoms with E-state index in [1.165, 1.54) is 12.1 Å². The number of rotatable bonds is 3. The van der Waals surface area contributed by atoms with Crippen molar-refractivity contribution in [3.8, 4) is 22.6 Å². The van der Waals surface area contributed by atoms with Crippen LogP contribution >= 0.6 is 0 Å². The fourth-order valence-corrected chi connectivity index (χ4v) is 3.34. The molecule has 0 bridgehead atoms. The zero-order chi connectivity index (χ0) is 30.1. The van der Waals surface area contributed by atoms with Gasteiger partial charge in [-0.25, -0.2) is 19.3 Å². The first-order valence-corrected chi connectivity index (χ1v) is 9.67. The number of halogens is 1. The molecule has 31 heavy (non-hydrogen) atoms. The van der Waals surface area contributed by atoms with Crippen LogP contribution in [0.3, 0.4) is 0 Å². The quantitative estimate of drug-likeness (QED) is 0.447. The highest BCUT2D eigenvalue weighted by Gasteiger charge is 2.24. The maximum atomic E-state index is 13.8. The molecule has 1 aromatic carbocycles. The molecule has 0 amide bonds. The van der Waals surface area contributed by atoms with Crippen LogP contribution in [-0.2, 0) is 12.0 Å². The summed E-state index contributed by atoms with van der Waals surface area (Å²) in [5.74, 6) is -1.11. The molecule has 0 saturated heterocycles. The molecule has 7 heteroatoms. The van der Waals surface area contributed by atoms with E-state index in [2.05, 4.69) is 19.9 Å². The van der Waals surface area contributed by atoms with Gasteiger partial charge in [0.05, 0.1) is 17.1 Å². The van der Waals surface area contributed by atoms with Gasteiger partial charge in [-0.05, 0) is 41.8 Å². The van der Waals surface area contributed by atoms with Crippen molar-refractivity contribution in [3.05, 3.63) is 48.0 Å². The van der Waals surface area contributed by atoms with Crippen molar-refractivity contribution in [2.75, 3.05) is 5.73 Å². The van der Waals surface area contributed by atoms with Gasteiger partial charge in [-0.1, -0.05) is 41.3 Å². The van der Waals surface area contributed by atoms with Crippen molar-refractivity contribution in [1.29, 1.82) is 0 Å². The van der Waals surface area contributed by atoms with Crippen LogP contribution in [0.4, 0.5) is 10.3 Å². The van der Waals surface area contributed by atoms with Crippen LogP contribution in [0, 0.1) is 11.2 Å². The van der Waals surface area contributed by atoms with E-state index in [0.29, 0.717) is 17.7 Å². The number of anilines is 1. The minimum absolute atomic E-state index is 0.00108. The second kappa shape index (κ2) is 7.18. The van der Waals surface area contributed by atoms with Crippen molar-refractivity contribution >= 4 is 17.1 Å². The minimum Gasteiger partial charge on any atom is -0.369 e. The number of hydrogen-bond acceptors (Lipinski definition) is 4. The Morgan fingerprint density at radius 2 is 1.74 bits per heavy atom. The number of nitrogens with one attached hydrogen (secondary N) is 1. The molecule has 0 saturated carbocycles. The lowest BCUT2D eigenvalue weighted by molar-refractivity contribution is 0.350. The van der Waals surface area contributed by atoms with Crippen LogP contribution in [-0.4, -0.2) is 24.5 Å². The molecule has 0 aliphatic heterocycles. The van der Waals surface area contributed by atoms with Gasteiger partial charge in [0, 0.05) is 29.9 Å². The summed E-state index contributed by atoms with van der Waals surface area (Å²) in [6.45, 7) is -4.11. The van der Waals surface area contributed by atoms with Crippen LogP contribution in [0.1, 0.15) is 59.5 Å². The Labute approximate surface area is 194 Å². The smallest absolute Gasteiger partial charge is 0.202 e. The van der Waals surface area contributed by atoms with E-state index in [9.17, 15) is 4.39 Å². The number of hydrogen-bond donors (Lipinski definition) is 2. The number of aromatic nitrogens is 5. The largest absolute Gasteiger partial charge is 0.369 e. The molecule has 0 atom stereocenters. The number of fused-ring (bicyclic) bond motifs is 1. The van der Waals surface area contributed by atoms with Crippen LogP contribution in [0.2, 0.25) is 0 Å². The normalized spacial score (nSPS) is 18.1. The Morgan fingerprint density at radius 1 is 1.03 bits per heavy atom. The number of nitrogens with zero attached hydrogens (tertiary/aromatic N) is 4. The number of pyridine rings is 1. The SMILES string of the molecule is [2H]C([2H])([2H])C(c1nc(-c2ccc(F)cc2)c(-c2ccc3nc(N)n(CC(C)(C)C)c3n2)[nH]1)(C([2H])([2H])[2H])C([2H])([2H])[2H]. The van der Waals surface area contributed by atoms with Crippen LogP contribution < -0.4 is 5.73 Å². The first kappa shape index (κ1) is 12.6. The van der Waals surface area contributed by atoms with E-state index in [0.717, 1.165) is 12.1 Å². The standard InChI is InChI=1S/C24H29FN6/c1-23(2,3)13-31-20-17(28-22(31)26)12-11-16(27-20)19-18(14-7-9-15(25)10-8-14)29-21(30-19)24(4,5)6/h7-12H,13H2,1-6H3,(H2,26,28)(H,29,30)/i4D3,5D3,6D3. The number of nitrogens with two attached hydrogens (primary N) is 1. The summed E-state index contributed by atoms with van der Waals surface area (Å²) in [5.41, 5.74) is 3.99. The van der Waals surface area contributed by atoms with Gasteiger partial charge in [0.25, 0.3) is 0 Å². The second-order valence-electron chi connectivity index (χ2n) is 8.72. The molecule has 0 fully saturated rings. The Morgan fingerprint density at radius 3 is 2.39 bits per heavy atom. The summed E-state index contributed by atoms with van der Waals surface area (Å²) in [6.07, 6.45) is 0. The van der Waals surface area contributed by atoms with Crippen LogP contribution in [0.25, 0.3) is 33.8 Å². The molecule has 3 heterocycles. The van der Waals surface area contributed by atoms with Crippen molar-refractivity contribution in [1.82, 2.24) is 24.5 Å². The third-order valence-electron chi connectivity index (χ3n) is 4.69. The van der Waals surface area contributed by atoms with E-state index in [-0.39, 0.29) is 34.0 Å². The Bertz CT molecular complexity index is 1500. The molecule has 0 unspecified atom stereocenters. The first-order chi connectivity index (χ1) is 18.2. The second-order valence-corrected chi connectivity index (χ2v) is 8.72. The van der Waals surface area contributed by atoms with Gasteiger partial charge in [0.1, 0.15) is 17.2 Å². The highest BCUT2D eigenvalue weighted by Crippen LogP contribution is 2.34. The summed E-state index contributed by atoms with van der Waals surface area (Å²) in [4.78, 5) is 16.0. The van der Waals surface area contributed by atoms with Gasteiger partial charge in [-0.15, -0.1) is 0 Å². The highest BCUT2D eigenvalue weighted by molar-refractivity contribution is 5.82. The summed E-state index contributed by atoms with van der Waals surface area (Å²) in [6, 6.07) is 8.19. The van der Waals surface area contributed by atoms with Crippen LogP contribution in [0.15, 0.2) is 36.4 Å². The average Bonchev–Trinajstić information content (AvgIpc) is 3.32. The number of imidazole rings is 2. The average molecular weight is 430 g/mol. The molecule has 0 spiro atoms. The van der Waals surface area contributed by atoms with Crippen molar-refractivity contribution < 1.29 is 16.7 Å². The maximum absolute atomic E-state index is 13.8. The number of nitrogen functional groups attached to an aromatic ring is 1. The van der Waals surface area contributed by atoms with Gasteiger partial charge in [-0.2, -0.15) is 0 Å². The summed E-state index contributed by atoms with van der Waals surface area (Å²) in [5, 5.41) is 0. The van der Waals surface area contributed by atoms with Gasteiger partial charge >= 0.3 is 0 Å². The predicted octanol–water partition coefficient (Wildman–Crippen LogP) is 5.55. The molecule has 3 N–H and O–H groups in total. The summed E-state index contributed by atoms with van der Waals surface area (Å²) >= 11 is 0. The lowest BCUT2D eigenvalue weighted by Crippen LogP contribution is -2.17.